The van der Waals surface area contributed by atoms with Crippen molar-refractivity contribution in [3.63, 3.8) is 0 Å². The Morgan fingerprint density at radius 1 is 1.04 bits per heavy atom. The Labute approximate surface area is 146 Å². The molecule has 2 aromatic carbocycles. The van der Waals surface area contributed by atoms with Crippen molar-refractivity contribution in [1.29, 1.82) is 0 Å². The first kappa shape index (κ1) is 18.5. The third-order valence-electron chi connectivity index (χ3n) is 3.20. The number of ether oxygens (including phenoxy) is 1. The number of nitrogens with two attached hydrogens (primary N) is 2. The number of phenolic OH excluding ortho intramolecular Hbond substituents is 3. The Morgan fingerprint density at radius 2 is 1.56 bits per heavy atom. The molecule has 4 radical (unpaired) electrons. The molecule has 12 heteroatoms. The molecule has 25 heavy (non-hydrogen) atoms. The predicted octanol–water partition coefficient (Wildman–Crippen LogP) is -1.56. The highest BCUT2D eigenvalue weighted by molar-refractivity contribution is 7.82. The first-order valence-corrected chi connectivity index (χ1v) is 7.60. The molecule has 2 aromatic rings. The van der Waals surface area contributed by atoms with E-state index in [1.807, 2.05) is 0 Å². The van der Waals surface area contributed by atoms with Crippen LogP contribution in [0.4, 0.5) is 5.69 Å². The number of rotatable bonds is 4. The lowest BCUT2D eigenvalue weighted by Crippen LogP contribution is -2.17. The first-order chi connectivity index (χ1) is 11.6. The summed E-state index contributed by atoms with van der Waals surface area (Å²) in [7, 11) is 8.66. The van der Waals surface area contributed by atoms with Crippen molar-refractivity contribution in [3.8, 4) is 28.7 Å². The van der Waals surface area contributed by atoms with Crippen molar-refractivity contribution in [3.05, 3.63) is 17.7 Å². The minimum atomic E-state index is -2.22. The normalized spacial score (nSPS) is 11.9. The highest BCUT2D eigenvalue weighted by Gasteiger charge is 2.24. The molecule has 0 aliphatic carbocycles. The number of carboxylic acid groups (broad SMARTS) is 1. The molecule has 0 saturated carbocycles. The first-order valence-electron chi connectivity index (χ1n) is 6.38. The molecule has 126 valence electrons. The van der Waals surface area contributed by atoms with Crippen LogP contribution in [0.2, 0.25) is 0 Å². The van der Waals surface area contributed by atoms with Crippen LogP contribution in [0.15, 0.2) is 17.0 Å². The SMILES string of the molecule is [B]c1c(O)c([B])c(O)c(Oc2c(N)cc(C(=O)O)cc2S(N)=O)c1O. The molecule has 0 fully saturated rings. The molecule has 1 unspecified atom stereocenters. The van der Waals surface area contributed by atoms with Gasteiger partial charge in [0, 0.05) is 0 Å². The van der Waals surface area contributed by atoms with Gasteiger partial charge in [0.05, 0.1) is 16.1 Å². The van der Waals surface area contributed by atoms with Gasteiger partial charge in [-0.25, -0.2) is 14.1 Å². The third kappa shape index (κ3) is 3.21. The minimum absolute atomic E-state index is 0.294. The molecular formula is C13H10B2N2O7S. The van der Waals surface area contributed by atoms with Crippen LogP contribution in [0, 0.1) is 0 Å². The molecular weight excluding hydrogens is 350 g/mol. The van der Waals surface area contributed by atoms with Crippen LogP contribution in [-0.4, -0.2) is 46.3 Å². The van der Waals surface area contributed by atoms with Crippen molar-refractivity contribution in [1.82, 2.24) is 0 Å². The molecule has 0 bridgehead atoms. The average Bonchev–Trinajstić information content (AvgIpc) is 2.55. The Bertz CT molecular complexity index is 891. The molecule has 0 aliphatic heterocycles. The monoisotopic (exact) mass is 360 g/mol. The van der Waals surface area contributed by atoms with Crippen LogP contribution in [0.1, 0.15) is 10.4 Å². The lowest BCUT2D eigenvalue weighted by Gasteiger charge is -2.18. The number of carboxylic acids is 1. The second-order valence-electron chi connectivity index (χ2n) is 4.80. The van der Waals surface area contributed by atoms with E-state index in [9.17, 15) is 24.3 Å². The zero-order valence-corrected chi connectivity index (χ0v) is 13.2. The minimum Gasteiger partial charge on any atom is -0.509 e. The molecule has 2 rings (SSSR count). The summed E-state index contributed by atoms with van der Waals surface area (Å²) < 4.78 is 16.9. The number of nitrogen functional groups attached to an aromatic ring is 1. The Kier molecular flexibility index (Phi) is 4.86. The third-order valence-corrected chi connectivity index (χ3v) is 3.94. The largest absolute Gasteiger partial charge is 0.509 e. The zero-order valence-electron chi connectivity index (χ0n) is 12.4. The summed E-state index contributed by atoms with van der Waals surface area (Å²) in [5.41, 5.74) is 3.93. The van der Waals surface area contributed by atoms with E-state index in [0.717, 1.165) is 12.1 Å². The van der Waals surface area contributed by atoms with E-state index >= 15 is 0 Å². The number of hydrogen-bond donors (Lipinski definition) is 6. The predicted molar refractivity (Wildman–Crippen MR) is 90.7 cm³/mol. The van der Waals surface area contributed by atoms with Gasteiger partial charge in [-0.3, -0.25) is 0 Å². The van der Waals surface area contributed by atoms with Gasteiger partial charge in [0.2, 0.25) is 5.75 Å². The maximum absolute atomic E-state index is 11.7. The van der Waals surface area contributed by atoms with E-state index < -0.39 is 50.9 Å². The Balaban J connectivity index is 2.70. The van der Waals surface area contributed by atoms with Crippen LogP contribution in [-0.2, 0) is 11.0 Å². The number of hydrogen-bond acceptors (Lipinski definition) is 7. The van der Waals surface area contributed by atoms with Crippen molar-refractivity contribution in [2.45, 2.75) is 4.90 Å². The molecule has 0 aromatic heterocycles. The number of anilines is 1. The van der Waals surface area contributed by atoms with E-state index in [1.54, 1.807) is 0 Å². The fraction of sp³-hybridized carbons (Fsp3) is 0. The quantitative estimate of drug-likeness (QED) is 0.280. The van der Waals surface area contributed by atoms with Crippen molar-refractivity contribution < 1.29 is 34.2 Å². The smallest absolute Gasteiger partial charge is 0.335 e. The fourth-order valence-electron chi connectivity index (χ4n) is 1.93. The van der Waals surface area contributed by atoms with Crippen LogP contribution in [0.25, 0.3) is 0 Å². The van der Waals surface area contributed by atoms with Gasteiger partial charge in [-0.15, -0.1) is 0 Å². The maximum atomic E-state index is 11.7. The summed E-state index contributed by atoms with van der Waals surface area (Å²) in [5.74, 6) is -4.91. The van der Waals surface area contributed by atoms with Gasteiger partial charge >= 0.3 is 5.97 Å². The second kappa shape index (κ2) is 6.57. The van der Waals surface area contributed by atoms with Gasteiger partial charge in [0.1, 0.15) is 32.4 Å². The van der Waals surface area contributed by atoms with Gasteiger partial charge in [-0.1, -0.05) is 0 Å². The topological polar surface area (TPSA) is 176 Å². The van der Waals surface area contributed by atoms with E-state index in [-0.39, 0.29) is 21.9 Å². The number of carbonyl (C=O) groups is 1. The summed E-state index contributed by atoms with van der Waals surface area (Å²) >= 11 is 0. The van der Waals surface area contributed by atoms with E-state index in [4.69, 9.17) is 36.4 Å². The van der Waals surface area contributed by atoms with E-state index in [0.29, 0.717) is 0 Å². The number of aromatic hydroxyl groups is 3. The van der Waals surface area contributed by atoms with Crippen molar-refractivity contribution in [2.24, 2.45) is 5.14 Å². The summed E-state index contributed by atoms with van der Waals surface area (Å²) in [5, 5.41) is 43.8. The number of benzene rings is 2. The van der Waals surface area contributed by atoms with Gasteiger partial charge in [-0.05, 0) is 23.1 Å². The standard InChI is InChI=1S/C13H10B2N2O7S/c14-6-8(18)7(15)10(20)12(9(6)19)24-11-4(16)1-3(13(21)22)2-5(11)25(17)23/h1-2,18-20H,16-17H2,(H,21,22). The lowest BCUT2D eigenvalue weighted by molar-refractivity contribution is 0.0696. The maximum Gasteiger partial charge on any atom is 0.335 e. The second-order valence-corrected chi connectivity index (χ2v) is 5.83. The summed E-state index contributed by atoms with van der Waals surface area (Å²) in [6.45, 7) is 0. The molecule has 0 spiro atoms. The highest BCUT2D eigenvalue weighted by Crippen LogP contribution is 2.42. The molecule has 0 saturated heterocycles. The van der Waals surface area contributed by atoms with Crippen molar-refractivity contribution in [2.75, 3.05) is 5.73 Å². The summed E-state index contributed by atoms with van der Waals surface area (Å²) in [4.78, 5) is 10.7. The fourth-order valence-corrected chi connectivity index (χ4v) is 2.52. The van der Waals surface area contributed by atoms with E-state index in [1.165, 1.54) is 0 Å². The summed E-state index contributed by atoms with van der Waals surface area (Å²) in [6.07, 6.45) is 0. The molecule has 8 N–H and O–H groups in total. The molecule has 1 atom stereocenters. The van der Waals surface area contributed by atoms with Crippen molar-refractivity contribution >= 4 is 49.3 Å². The highest BCUT2D eigenvalue weighted by atomic mass is 32.2. The number of phenols is 3. The average molecular weight is 360 g/mol. The molecule has 9 nitrogen and oxygen atoms in total. The number of aromatic carboxylic acids is 1. The van der Waals surface area contributed by atoms with Crippen LogP contribution in [0.5, 0.6) is 28.7 Å². The van der Waals surface area contributed by atoms with Gasteiger partial charge in [0.25, 0.3) is 0 Å². The van der Waals surface area contributed by atoms with Gasteiger partial charge in [-0.2, -0.15) is 0 Å². The van der Waals surface area contributed by atoms with Crippen LogP contribution < -0.4 is 26.5 Å². The Morgan fingerprint density at radius 3 is 2.00 bits per heavy atom. The van der Waals surface area contributed by atoms with Crippen LogP contribution in [0.3, 0.4) is 0 Å². The molecule has 0 aliphatic rings. The molecule has 0 heterocycles. The lowest BCUT2D eigenvalue weighted by atomic mass is 9.83. The van der Waals surface area contributed by atoms with E-state index in [2.05, 4.69) is 0 Å². The Hall–Kier alpha value is -2.85. The van der Waals surface area contributed by atoms with Gasteiger partial charge < -0.3 is 30.9 Å². The summed E-state index contributed by atoms with van der Waals surface area (Å²) in [6, 6.07) is 1.95. The van der Waals surface area contributed by atoms with Gasteiger partial charge in [0.15, 0.2) is 17.2 Å². The zero-order chi connectivity index (χ0) is 19.0. The van der Waals surface area contributed by atoms with Crippen LogP contribution >= 0.6 is 0 Å². The molecule has 0 amide bonds.